The van der Waals surface area contributed by atoms with Crippen molar-refractivity contribution in [1.29, 1.82) is 0 Å². The zero-order valence-electron chi connectivity index (χ0n) is 16.0. The van der Waals surface area contributed by atoms with Gasteiger partial charge in [0.25, 0.3) is 0 Å². The van der Waals surface area contributed by atoms with E-state index in [4.69, 9.17) is 0 Å². The summed E-state index contributed by atoms with van der Waals surface area (Å²) in [5, 5.41) is 10.2. The molecule has 0 amide bonds. The zero-order valence-corrected chi connectivity index (χ0v) is 16.0. The molecule has 3 aliphatic rings. The van der Waals surface area contributed by atoms with E-state index in [0.717, 1.165) is 44.1 Å². The molecule has 2 saturated carbocycles. The van der Waals surface area contributed by atoms with Gasteiger partial charge in [-0.3, -0.25) is 4.79 Å². The van der Waals surface area contributed by atoms with Crippen LogP contribution in [0.25, 0.3) is 0 Å². The molecular formula is C23H30O2. The molecule has 2 heteroatoms. The average Bonchev–Trinajstić information content (AvgIpc) is 2.93. The van der Waals surface area contributed by atoms with Gasteiger partial charge < -0.3 is 5.11 Å². The van der Waals surface area contributed by atoms with E-state index in [1.807, 2.05) is 19.9 Å². The minimum Gasteiger partial charge on any atom is -0.507 e. The van der Waals surface area contributed by atoms with Crippen molar-refractivity contribution in [2.75, 3.05) is 0 Å². The van der Waals surface area contributed by atoms with Gasteiger partial charge in [0.2, 0.25) is 0 Å². The van der Waals surface area contributed by atoms with Gasteiger partial charge in [-0.25, -0.2) is 0 Å². The molecular weight excluding hydrogens is 308 g/mol. The van der Waals surface area contributed by atoms with Crippen molar-refractivity contribution in [3.8, 4) is 17.6 Å². The van der Waals surface area contributed by atoms with Crippen molar-refractivity contribution in [3.63, 3.8) is 0 Å². The van der Waals surface area contributed by atoms with Crippen molar-refractivity contribution in [2.45, 2.75) is 72.1 Å². The molecule has 0 aliphatic heterocycles. The summed E-state index contributed by atoms with van der Waals surface area (Å²) in [5.74, 6) is 8.45. The predicted octanol–water partition coefficient (Wildman–Crippen LogP) is 5.22. The van der Waals surface area contributed by atoms with Crippen LogP contribution >= 0.6 is 0 Å². The molecule has 0 aromatic heterocycles. The minimum atomic E-state index is -0.0678. The van der Waals surface area contributed by atoms with Crippen molar-refractivity contribution in [1.82, 2.24) is 0 Å². The lowest BCUT2D eigenvalue weighted by atomic mass is 9.55. The summed E-state index contributed by atoms with van der Waals surface area (Å²) >= 11 is 0. The number of carbonyl (C=O) groups is 1. The van der Waals surface area contributed by atoms with Crippen LogP contribution in [0.4, 0.5) is 0 Å². The van der Waals surface area contributed by atoms with Crippen LogP contribution in [0, 0.1) is 29.1 Å². The van der Waals surface area contributed by atoms with E-state index >= 15 is 0 Å². The summed E-state index contributed by atoms with van der Waals surface area (Å²) in [7, 11) is 0. The Morgan fingerprint density at radius 2 is 1.92 bits per heavy atom. The second-order valence-corrected chi connectivity index (χ2v) is 7.78. The fourth-order valence-corrected chi connectivity index (χ4v) is 5.61. The fourth-order valence-electron chi connectivity index (χ4n) is 5.61. The van der Waals surface area contributed by atoms with Crippen LogP contribution in [0.3, 0.4) is 0 Å². The summed E-state index contributed by atoms with van der Waals surface area (Å²) in [6.07, 6.45) is 6.14. The Morgan fingerprint density at radius 1 is 1.16 bits per heavy atom. The first-order chi connectivity index (χ1) is 12.0. The number of phenolic OH excluding ortho intramolecular Hbond substituents is 1. The molecule has 0 radical (unpaired) electrons. The van der Waals surface area contributed by atoms with E-state index in [9.17, 15) is 9.90 Å². The normalized spacial score (nSPS) is 32.3. The summed E-state index contributed by atoms with van der Waals surface area (Å²) in [6, 6.07) is 4.05. The lowest BCUT2D eigenvalue weighted by Crippen LogP contribution is -2.42. The first-order valence-electron chi connectivity index (χ1n) is 9.86. The topological polar surface area (TPSA) is 37.3 Å². The quantitative estimate of drug-likeness (QED) is 0.659. The highest BCUT2D eigenvalue weighted by atomic mass is 16.3. The second-order valence-electron chi connectivity index (χ2n) is 7.78. The molecule has 1 aromatic carbocycles. The van der Waals surface area contributed by atoms with Gasteiger partial charge in [-0.1, -0.05) is 26.7 Å². The first-order valence-corrected chi connectivity index (χ1v) is 9.86. The number of phenols is 1. The van der Waals surface area contributed by atoms with Gasteiger partial charge in [0, 0.05) is 11.8 Å². The Labute approximate surface area is 152 Å². The van der Waals surface area contributed by atoms with Gasteiger partial charge in [-0.05, 0) is 80.0 Å². The molecule has 0 spiro atoms. The molecule has 25 heavy (non-hydrogen) atoms. The molecule has 1 aromatic rings. The summed E-state index contributed by atoms with van der Waals surface area (Å²) < 4.78 is 0. The van der Waals surface area contributed by atoms with Crippen LogP contribution in [0.15, 0.2) is 12.1 Å². The number of rotatable bonds is 0. The standard InChI is InChI=1S/C21H24O2.C2H6/c1-3-4-14-11-17-13(12-19(14)22)5-6-16-15(17)9-10-21(2)18(16)7-8-20(21)23;1-2/h11-12,15-16,18,22H,5-10H2,1-2H3;1-2H3. The third kappa shape index (κ3) is 2.78. The third-order valence-corrected chi connectivity index (χ3v) is 6.81. The van der Waals surface area contributed by atoms with E-state index in [-0.39, 0.29) is 5.41 Å². The number of Topliss-reactive ketones (excluding diaryl/α,β-unsaturated/α-hetero) is 1. The highest BCUT2D eigenvalue weighted by molar-refractivity contribution is 5.87. The van der Waals surface area contributed by atoms with Crippen molar-refractivity contribution in [2.24, 2.45) is 17.3 Å². The van der Waals surface area contributed by atoms with E-state index < -0.39 is 0 Å². The molecule has 1 N–H and O–H groups in total. The predicted molar refractivity (Wildman–Crippen MR) is 102 cm³/mol. The lowest BCUT2D eigenvalue weighted by molar-refractivity contribution is -0.129. The Morgan fingerprint density at radius 3 is 2.64 bits per heavy atom. The maximum atomic E-state index is 12.4. The molecule has 4 atom stereocenters. The van der Waals surface area contributed by atoms with Gasteiger partial charge in [-0.15, -0.1) is 5.92 Å². The first kappa shape index (κ1) is 18.1. The van der Waals surface area contributed by atoms with Gasteiger partial charge in [0.05, 0.1) is 5.56 Å². The number of benzene rings is 1. The van der Waals surface area contributed by atoms with Crippen LogP contribution in [-0.4, -0.2) is 10.9 Å². The summed E-state index contributed by atoms with van der Waals surface area (Å²) in [6.45, 7) is 8.02. The highest BCUT2D eigenvalue weighted by Gasteiger charge is 2.54. The van der Waals surface area contributed by atoms with Crippen LogP contribution < -0.4 is 0 Å². The van der Waals surface area contributed by atoms with Crippen molar-refractivity contribution >= 4 is 5.78 Å². The van der Waals surface area contributed by atoms with Crippen molar-refractivity contribution in [3.05, 3.63) is 28.8 Å². The van der Waals surface area contributed by atoms with Crippen LogP contribution in [0.1, 0.15) is 82.4 Å². The number of ketones is 1. The van der Waals surface area contributed by atoms with E-state index in [1.165, 1.54) is 11.1 Å². The van der Waals surface area contributed by atoms with Gasteiger partial charge in [-0.2, -0.15) is 0 Å². The Kier molecular flexibility index (Phi) is 4.96. The number of aromatic hydroxyl groups is 1. The summed E-state index contributed by atoms with van der Waals surface area (Å²) in [5.41, 5.74) is 3.36. The number of hydrogen-bond donors (Lipinski definition) is 1. The molecule has 0 saturated heterocycles. The smallest absolute Gasteiger partial charge is 0.139 e. The monoisotopic (exact) mass is 338 g/mol. The van der Waals surface area contributed by atoms with Gasteiger partial charge in [0.15, 0.2) is 0 Å². The third-order valence-electron chi connectivity index (χ3n) is 6.81. The van der Waals surface area contributed by atoms with Crippen LogP contribution in [0.5, 0.6) is 5.75 Å². The Bertz CT molecular complexity index is 736. The van der Waals surface area contributed by atoms with E-state index in [1.54, 1.807) is 6.92 Å². The molecule has 2 nitrogen and oxygen atoms in total. The van der Waals surface area contributed by atoms with E-state index in [0.29, 0.717) is 29.3 Å². The number of hydrogen-bond acceptors (Lipinski definition) is 2. The van der Waals surface area contributed by atoms with Crippen LogP contribution in [-0.2, 0) is 11.2 Å². The highest BCUT2D eigenvalue weighted by Crippen LogP contribution is 2.59. The maximum Gasteiger partial charge on any atom is 0.139 e. The summed E-state index contributed by atoms with van der Waals surface area (Å²) in [4.78, 5) is 12.4. The second kappa shape index (κ2) is 6.87. The van der Waals surface area contributed by atoms with Crippen LogP contribution in [0.2, 0.25) is 0 Å². The number of carbonyl (C=O) groups excluding carboxylic acids is 1. The molecule has 0 bridgehead atoms. The Balaban J connectivity index is 0.000000880. The largest absolute Gasteiger partial charge is 0.507 e. The minimum absolute atomic E-state index is 0.0678. The number of fused-ring (bicyclic) bond motifs is 5. The fraction of sp³-hybridized carbons (Fsp3) is 0.609. The van der Waals surface area contributed by atoms with Crippen molar-refractivity contribution < 1.29 is 9.90 Å². The molecule has 4 rings (SSSR count). The number of aryl methyl sites for hydroxylation is 1. The lowest BCUT2D eigenvalue weighted by Gasteiger charge is -2.48. The van der Waals surface area contributed by atoms with E-state index in [2.05, 4.69) is 24.8 Å². The molecule has 2 fully saturated rings. The molecule has 3 aliphatic carbocycles. The molecule has 134 valence electrons. The molecule has 4 unspecified atom stereocenters. The SMILES string of the molecule is CC.CC#Cc1cc2c(cc1O)CCC1C2CCC2(C)C(=O)CCC12. The zero-order chi connectivity index (χ0) is 18.2. The van der Waals surface area contributed by atoms with Gasteiger partial charge in [0.1, 0.15) is 11.5 Å². The molecule has 0 heterocycles. The average molecular weight is 338 g/mol. The Hall–Kier alpha value is -1.75. The maximum absolute atomic E-state index is 12.4. The van der Waals surface area contributed by atoms with Gasteiger partial charge >= 0.3 is 0 Å².